The van der Waals surface area contributed by atoms with Crippen molar-refractivity contribution in [2.24, 2.45) is 5.73 Å². The van der Waals surface area contributed by atoms with Crippen LogP contribution in [0, 0.1) is 5.82 Å². The number of carbonyl (C=O) groups is 1. The highest BCUT2D eigenvalue weighted by Crippen LogP contribution is 2.43. The van der Waals surface area contributed by atoms with E-state index in [1.165, 1.54) is 12.1 Å². The number of aromatic nitrogens is 2. The molecule has 0 saturated carbocycles. The minimum atomic E-state index is -0.996. The number of nitrogens with two attached hydrogens (primary N) is 1. The van der Waals surface area contributed by atoms with Crippen molar-refractivity contribution in [3.63, 3.8) is 0 Å². The summed E-state index contributed by atoms with van der Waals surface area (Å²) in [6, 6.07) is 6.19. The molecule has 4 rings (SSSR count). The molecule has 2 aromatic rings. The Morgan fingerprint density at radius 1 is 1.12 bits per heavy atom. The molecule has 7 nitrogen and oxygen atoms in total. The summed E-state index contributed by atoms with van der Waals surface area (Å²) in [5.41, 5.74) is 5.60. The van der Waals surface area contributed by atoms with Gasteiger partial charge in [-0.1, -0.05) is 19.1 Å². The van der Waals surface area contributed by atoms with Gasteiger partial charge in [-0.15, -0.1) is 0 Å². The van der Waals surface area contributed by atoms with Gasteiger partial charge in [-0.3, -0.25) is 4.79 Å². The zero-order valence-electron chi connectivity index (χ0n) is 19.3. The average Bonchev–Trinajstić information content (AvgIpc) is 3.27. The minimum absolute atomic E-state index is 0.269. The molecule has 2 aliphatic heterocycles. The number of carbonyl (C=O) groups excluding carboxylic acids is 1. The predicted octanol–water partition coefficient (Wildman–Crippen LogP) is 2.54. The minimum Gasteiger partial charge on any atom is -0.399 e. The fourth-order valence-corrected chi connectivity index (χ4v) is 4.64. The molecular formula is C23H30BFN4O3. The van der Waals surface area contributed by atoms with Gasteiger partial charge in [0.15, 0.2) is 0 Å². The van der Waals surface area contributed by atoms with E-state index in [9.17, 15) is 9.18 Å². The van der Waals surface area contributed by atoms with Crippen LogP contribution in [0.2, 0.25) is 0 Å². The summed E-state index contributed by atoms with van der Waals surface area (Å²) in [5, 5.41) is 0. The molecule has 1 unspecified atom stereocenters. The van der Waals surface area contributed by atoms with Gasteiger partial charge in [0.05, 0.1) is 11.2 Å². The highest BCUT2D eigenvalue weighted by molar-refractivity contribution is 6.61. The highest BCUT2D eigenvalue weighted by Gasteiger charge is 2.53. The van der Waals surface area contributed by atoms with Crippen LogP contribution in [0.5, 0.6) is 0 Å². The maximum atomic E-state index is 13.4. The maximum Gasteiger partial charge on any atom is 0.498 e. The lowest BCUT2D eigenvalue weighted by atomic mass is 9.77. The molecule has 0 bridgehead atoms. The van der Waals surface area contributed by atoms with E-state index in [2.05, 4.69) is 9.97 Å². The molecule has 3 heterocycles. The molecule has 32 heavy (non-hydrogen) atoms. The number of anilines is 1. The van der Waals surface area contributed by atoms with Crippen molar-refractivity contribution < 1.29 is 18.5 Å². The standard InChI is InChI=1S/C23H30BFN4O3/c1-15(16-7-9-18(25)10-8-16)23(19(26)30)11-6-12-29(23)20-27-13-17(14-28-20)24-31-21(2,3)22(4,5)32-24/h7-10,13-15H,6,11-12H2,1-5H3,(H2,26,30)/t15-,23?/m1/s1. The summed E-state index contributed by atoms with van der Waals surface area (Å²) in [4.78, 5) is 23.8. The number of nitrogens with zero attached hydrogens (tertiary/aromatic N) is 3. The van der Waals surface area contributed by atoms with Crippen molar-refractivity contribution in [3.05, 3.63) is 48.0 Å². The number of benzene rings is 1. The van der Waals surface area contributed by atoms with Crippen molar-refractivity contribution in [3.8, 4) is 0 Å². The SMILES string of the molecule is C[C@H](c1ccc(F)cc1)C1(C(N)=O)CCCN1c1ncc(B2OC(C)(C)C(C)(C)O2)cn1. The molecule has 2 atom stereocenters. The fourth-order valence-electron chi connectivity index (χ4n) is 4.64. The van der Waals surface area contributed by atoms with Gasteiger partial charge in [0.2, 0.25) is 11.9 Å². The van der Waals surface area contributed by atoms with Gasteiger partial charge in [-0.25, -0.2) is 14.4 Å². The average molecular weight is 440 g/mol. The Hall–Kier alpha value is -2.52. The molecular weight excluding hydrogens is 410 g/mol. The number of amides is 1. The number of hydrogen-bond acceptors (Lipinski definition) is 6. The summed E-state index contributed by atoms with van der Waals surface area (Å²) in [7, 11) is -0.563. The lowest BCUT2D eigenvalue weighted by Gasteiger charge is -2.40. The van der Waals surface area contributed by atoms with Crippen LogP contribution in [0.3, 0.4) is 0 Å². The number of hydrogen-bond donors (Lipinski definition) is 1. The van der Waals surface area contributed by atoms with Gasteiger partial charge in [-0.2, -0.15) is 0 Å². The third kappa shape index (κ3) is 3.57. The largest absolute Gasteiger partial charge is 0.498 e. The summed E-state index contributed by atoms with van der Waals surface area (Å²) < 4.78 is 25.6. The van der Waals surface area contributed by atoms with E-state index in [-0.39, 0.29) is 11.7 Å². The first-order valence-electron chi connectivity index (χ1n) is 11.0. The molecule has 0 spiro atoms. The van der Waals surface area contributed by atoms with E-state index >= 15 is 0 Å². The third-order valence-electron chi connectivity index (χ3n) is 7.36. The zero-order chi connectivity index (χ0) is 23.3. The number of halogens is 1. The van der Waals surface area contributed by atoms with Crippen LogP contribution >= 0.6 is 0 Å². The predicted molar refractivity (Wildman–Crippen MR) is 121 cm³/mol. The first-order chi connectivity index (χ1) is 15.0. The normalized spacial score (nSPS) is 25.2. The van der Waals surface area contributed by atoms with Gasteiger partial charge in [0, 0.05) is 30.3 Å². The van der Waals surface area contributed by atoms with Gasteiger partial charge in [0.1, 0.15) is 11.4 Å². The molecule has 2 N–H and O–H groups in total. The van der Waals surface area contributed by atoms with Crippen LogP contribution in [0.4, 0.5) is 10.3 Å². The van der Waals surface area contributed by atoms with E-state index < -0.39 is 29.8 Å². The molecule has 1 amide bonds. The van der Waals surface area contributed by atoms with E-state index in [1.54, 1.807) is 24.5 Å². The lowest BCUT2D eigenvalue weighted by molar-refractivity contribution is -0.123. The van der Waals surface area contributed by atoms with Crippen LogP contribution in [0.15, 0.2) is 36.7 Å². The first-order valence-corrected chi connectivity index (χ1v) is 11.0. The Kier molecular flexibility index (Phi) is 5.53. The lowest BCUT2D eigenvalue weighted by Crippen LogP contribution is -2.58. The summed E-state index contributed by atoms with van der Waals surface area (Å²) >= 11 is 0. The van der Waals surface area contributed by atoms with Crippen LogP contribution < -0.4 is 16.1 Å². The molecule has 1 aromatic heterocycles. The zero-order valence-corrected chi connectivity index (χ0v) is 19.3. The molecule has 2 aliphatic rings. The van der Waals surface area contributed by atoms with E-state index in [1.807, 2.05) is 39.5 Å². The molecule has 2 saturated heterocycles. The maximum absolute atomic E-state index is 13.4. The second kappa shape index (κ2) is 7.81. The fraction of sp³-hybridized carbons (Fsp3) is 0.522. The van der Waals surface area contributed by atoms with Gasteiger partial charge in [-0.05, 0) is 58.2 Å². The van der Waals surface area contributed by atoms with Crippen LogP contribution in [-0.2, 0) is 14.1 Å². The monoisotopic (exact) mass is 440 g/mol. The van der Waals surface area contributed by atoms with E-state index in [4.69, 9.17) is 15.0 Å². The Morgan fingerprint density at radius 2 is 1.69 bits per heavy atom. The van der Waals surface area contributed by atoms with E-state index in [0.29, 0.717) is 24.4 Å². The Labute approximate surface area is 188 Å². The second-order valence-electron chi connectivity index (χ2n) is 9.72. The summed E-state index contributed by atoms with van der Waals surface area (Å²) in [6.45, 7) is 10.5. The van der Waals surface area contributed by atoms with E-state index in [0.717, 1.165) is 12.0 Å². The van der Waals surface area contributed by atoms with Crippen LogP contribution in [0.25, 0.3) is 0 Å². The van der Waals surface area contributed by atoms with Gasteiger partial charge >= 0.3 is 7.12 Å². The third-order valence-corrected chi connectivity index (χ3v) is 7.36. The summed E-state index contributed by atoms with van der Waals surface area (Å²) in [6.07, 6.45) is 4.70. The second-order valence-corrected chi connectivity index (χ2v) is 9.72. The topological polar surface area (TPSA) is 90.6 Å². The molecule has 2 fully saturated rings. The van der Waals surface area contributed by atoms with Crippen molar-refractivity contribution in [2.45, 2.75) is 70.1 Å². The van der Waals surface area contributed by atoms with Crippen molar-refractivity contribution in [1.82, 2.24) is 9.97 Å². The Bertz CT molecular complexity index is 983. The van der Waals surface area contributed by atoms with Gasteiger partial charge < -0.3 is 19.9 Å². The number of primary amides is 1. The molecule has 9 heteroatoms. The van der Waals surface area contributed by atoms with Crippen molar-refractivity contribution in [2.75, 3.05) is 11.4 Å². The first kappa shape index (κ1) is 22.7. The molecule has 1 aromatic carbocycles. The highest BCUT2D eigenvalue weighted by atomic mass is 19.1. The molecule has 0 radical (unpaired) electrons. The van der Waals surface area contributed by atoms with Crippen molar-refractivity contribution >= 4 is 24.4 Å². The molecule has 0 aliphatic carbocycles. The Balaban J connectivity index is 1.63. The van der Waals surface area contributed by atoms with Gasteiger partial charge in [0.25, 0.3) is 0 Å². The van der Waals surface area contributed by atoms with Crippen LogP contribution in [0.1, 0.15) is 58.9 Å². The number of rotatable bonds is 5. The summed E-state index contributed by atoms with van der Waals surface area (Å²) in [5.74, 6) is -0.602. The smallest absolute Gasteiger partial charge is 0.399 e. The Morgan fingerprint density at radius 3 is 2.22 bits per heavy atom. The molecule has 170 valence electrons. The quantitative estimate of drug-likeness (QED) is 0.719. The van der Waals surface area contributed by atoms with Crippen LogP contribution in [-0.4, -0.2) is 46.3 Å². The van der Waals surface area contributed by atoms with Crippen molar-refractivity contribution in [1.29, 1.82) is 0 Å².